The summed E-state index contributed by atoms with van der Waals surface area (Å²) >= 11 is 3.02. The van der Waals surface area contributed by atoms with E-state index in [-0.39, 0.29) is 0 Å². The molecule has 1 aromatic heterocycles. The second kappa shape index (κ2) is 6.05. The van der Waals surface area contributed by atoms with Crippen LogP contribution in [-0.2, 0) is 9.84 Å². The van der Waals surface area contributed by atoms with Gasteiger partial charge >= 0.3 is 0 Å². The third kappa shape index (κ3) is 3.20. The molecular weight excluding hydrogens is 320 g/mol. The van der Waals surface area contributed by atoms with Crippen LogP contribution in [0.2, 0.25) is 0 Å². The van der Waals surface area contributed by atoms with Crippen LogP contribution in [0.5, 0.6) is 0 Å². The Hall–Kier alpha value is -1.56. The maximum absolute atomic E-state index is 12.5. The van der Waals surface area contributed by atoms with E-state index in [0.29, 0.717) is 9.79 Å². The minimum Gasteiger partial charge on any atom is -0.218 e. The first kappa shape index (κ1) is 14.4. The highest BCUT2D eigenvalue weighted by molar-refractivity contribution is 8.01. The van der Waals surface area contributed by atoms with E-state index < -0.39 is 9.84 Å². The molecule has 2 aromatic carbocycles. The Morgan fingerprint density at radius 3 is 2.10 bits per heavy atom. The van der Waals surface area contributed by atoms with E-state index in [2.05, 4.69) is 0 Å². The van der Waals surface area contributed by atoms with Crippen molar-refractivity contribution in [3.8, 4) is 0 Å². The average Bonchev–Trinajstić information content (AvgIpc) is 2.98. The molecule has 106 valence electrons. The zero-order chi connectivity index (χ0) is 14.7. The first-order chi connectivity index (χ1) is 10.2. The summed E-state index contributed by atoms with van der Waals surface area (Å²) in [5.74, 6) is 0. The van der Waals surface area contributed by atoms with Crippen molar-refractivity contribution < 1.29 is 8.42 Å². The van der Waals surface area contributed by atoms with E-state index in [0.717, 1.165) is 9.10 Å². The molecule has 0 spiro atoms. The highest BCUT2D eigenvalue weighted by atomic mass is 32.2. The Labute approximate surface area is 132 Å². The fourth-order valence-electron chi connectivity index (χ4n) is 1.84. The Morgan fingerprint density at radius 1 is 0.810 bits per heavy atom. The molecule has 0 amide bonds. The SMILES string of the molecule is O=S(=O)(c1ccccc1)c1csc(Sc2ccccc2)c1. The lowest BCUT2D eigenvalue weighted by molar-refractivity contribution is 0.596. The Kier molecular flexibility index (Phi) is 4.14. The first-order valence-corrected chi connectivity index (χ1v) is 9.46. The molecule has 0 unspecified atom stereocenters. The van der Waals surface area contributed by atoms with Crippen LogP contribution in [0.25, 0.3) is 0 Å². The highest BCUT2D eigenvalue weighted by Gasteiger charge is 2.19. The van der Waals surface area contributed by atoms with Crippen molar-refractivity contribution in [3.05, 3.63) is 72.1 Å². The molecule has 0 saturated carbocycles. The van der Waals surface area contributed by atoms with Crippen LogP contribution < -0.4 is 0 Å². The molecule has 3 rings (SSSR count). The summed E-state index contributed by atoms with van der Waals surface area (Å²) in [5.41, 5.74) is 0. The van der Waals surface area contributed by atoms with Crippen molar-refractivity contribution in [2.24, 2.45) is 0 Å². The summed E-state index contributed by atoms with van der Waals surface area (Å²) in [7, 11) is -3.41. The van der Waals surface area contributed by atoms with E-state index in [4.69, 9.17) is 0 Å². The molecule has 2 nitrogen and oxygen atoms in total. The van der Waals surface area contributed by atoms with Crippen molar-refractivity contribution in [1.82, 2.24) is 0 Å². The highest BCUT2D eigenvalue weighted by Crippen LogP contribution is 2.35. The van der Waals surface area contributed by atoms with Crippen LogP contribution in [-0.4, -0.2) is 8.42 Å². The van der Waals surface area contributed by atoms with Gasteiger partial charge in [-0.25, -0.2) is 8.42 Å². The minimum atomic E-state index is -3.41. The molecule has 0 atom stereocenters. The van der Waals surface area contributed by atoms with Crippen molar-refractivity contribution in [3.63, 3.8) is 0 Å². The summed E-state index contributed by atoms with van der Waals surface area (Å²) in [6.07, 6.45) is 0. The Balaban J connectivity index is 1.89. The summed E-state index contributed by atoms with van der Waals surface area (Å²) in [6.45, 7) is 0. The first-order valence-electron chi connectivity index (χ1n) is 6.28. The van der Waals surface area contributed by atoms with Crippen LogP contribution in [0.3, 0.4) is 0 Å². The molecule has 21 heavy (non-hydrogen) atoms. The number of hydrogen-bond donors (Lipinski definition) is 0. The van der Waals surface area contributed by atoms with Crippen LogP contribution >= 0.6 is 23.1 Å². The monoisotopic (exact) mass is 332 g/mol. The lowest BCUT2D eigenvalue weighted by atomic mass is 10.4. The predicted molar refractivity (Wildman–Crippen MR) is 86.8 cm³/mol. The molecule has 0 saturated heterocycles. The maximum Gasteiger partial charge on any atom is 0.207 e. The summed E-state index contributed by atoms with van der Waals surface area (Å²) < 4.78 is 26.0. The molecule has 0 bridgehead atoms. The number of sulfone groups is 1. The Bertz CT molecular complexity index is 822. The molecule has 0 aliphatic rings. The zero-order valence-corrected chi connectivity index (χ0v) is 13.4. The second-order valence-corrected chi connectivity index (χ2v) is 8.57. The fraction of sp³-hybridized carbons (Fsp3) is 0. The topological polar surface area (TPSA) is 34.1 Å². The lowest BCUT2D eigenvalue weighted by Gasteiger charge is -2.01. The third-order valence-corrected chi connectivity index (χ3v) is 6.86. The zero-order valence-electron chi connectivity index (χ0n) is 11.0. The minimum absolute atomic E-state index is 0.332. The van der Waals surface area contributed by atoms with Gasteiger partial charge < -0.3 is 0 Å². The molecule has 0 fully saturated rings. The summed E-state index contributed by atoms with van der Waals surface area (Å²) in [6, 6.07) is 20.2. The number of rotatable bonds is 4. The second-order valence-electron chi connectivity index (χ2n) is 4.33. The van der Waals surface area contributed by atoms with Gasteiger partial charge in [0.05, 0.1) is 14.0 Å². The maximum atomic E-state index is 12.5. The van der Waals surface area contributed by atoms with Crippen LogP contribution in [0, 0.1) is 0 Å². The third-order valence-electron chi connectivity index (χ3n) is 2.88. The normalized spacial score (nSPS) is 11.4. The van der Waals surface area contributed by atoms with Gasteiger partial charge in [-0.1, -0.05) is 48.2 Å². The van der Waals surface area contributed by atoms with Crippen molar-refractivity contribution >= 4 is 32.9 Å². The predicted octanol–water partition coefficient (Wildman–Crippen LogP) is 4.73. The van der Waals surface area contributed by atoms with Gasteiger partial charge in [-0.3, -0.25) is 0 Å². The van der Waals surface area contributed by atoms with Gasteiger partial charge in [0.25, 0.3) is 0 Å². The summed E-state index contributed by atoms with van der Waals surface area (Å²) in [5, 5.41) is 1.70. The standard InChI is InChI=1S/C16H12O2S3/c17-21(18,14-9-5-2-6-10-14)15-11-16(19-12-15)20-13-7-3-1-4-8-13/h1-12H. The van der Waals surface area contributed by atoms with Gasteiger partial charge in [-0.2, -0.15) is 0 Å². The lowest BCUT2D eigenvalue weighted by Crippen LogP contribution is -1.99. The quantitative estimate of drug-likeness (QED) is 0.692. The smallest absolute Gasteiger partial charge is 0.207 e. The van der Waals surface area contributed by atoms with E-state index >= 15 is 0 Å². The van der Waals surface area contributed by atoms with E-state index in [1.165, 1.54) is 11.3 Å². The van der Waals surface area contributed by atoms with Crippen LogP contribution in [0.4, 0.5) is 0 Å². The Morgan fingerprint density at radius 2 is 1.43 bits per heavy atom. The van der Waals surface area contributed by atoms with E-state index in [1.807, 2.05) is 36.4 Å². The van der Waals surface area contributed by atoms with Gasteiger partial charge in [-0.15, -0.1) is 11.3 Å². The molecule has 5 heteroatoms. The van der Waals surface area contributed by atoms with E-state index in [9.17, 15) is 8.42 Å². The number of benzene rings is 2. The van der Waals surface area contributed by atoms with Crippen LogP contribution in [0.15, 0.2) is 91.0 Å². The average molecular weight is 332 g/mol. The molecule has 1 heterocycles. The van der Waals surface area contributed by atoms with Gasteiger partial charge in [-0.05, 0) is 30.3 Å². The molecule has 0 N–H and O–H groups in total. The molecule has 3 aromatic rings. The van der Waals surface area contributed by atoms with Crippen molar-refractivity contribution in [2.75, 3.05) is 0 Å². The number of thiophene rings is 1. The molecule has 0 aliphatic carbocycles. The number of hydrogen-bond acceptors (Lipinski definition) is 4. The summed E-state index contributed by atoms with van der Waals surface area (Å²) in [4.78, 5) is 1.79. The molecule has 0 aliphatic heterocycles. The van der Waals surface area contributed by atoms with Gasteiger partial charge in [0.1, 0.15) is 0 Å². The van der Waals surface area contributed by atoms with E-state index in [1.54, 1.807) is 47.5 Å². The van der Waals surface area contributed by atoms with Gasteiger partial charge in [0.15, 0.2) is 0 Å². The molecular formula is C16H12O2S3. The van der Waals surface area contributed by atoms with Crippen molar-refractivity contribution in [2.45, 2.75) is 18.9 Å². The fourth-order valence-corrected chi connectivity index (χ4v) is 5.53. The largest absolute Gasteiger partial charge is 0.218 e. The van der Waals surface area contributed by atoms with Gasteiger partial charge in [0.2, 0.25) is 9.84 Å². The van der Waals surface area contributed by atoms with Crippen LogP contribution in [0.1, 0.15) is 0 Å². The van der Waals surface area contributed by atoms with Crippen molar-refractivity contribution in [1.29, 1.82) is 0 Å². The van der Waals surface area contributed by atoms with Gasteiger partial charge in [0, 0.05) is 10.3 Å². The molecule has 0 radical (unpaired) electrons.